The van der Waals surface area contributed by atoms with Crippen molar-refractivity contribution < 1.29 is 0 Å². The molecule has 3 heterocycles. The molecular formula is C16H17ClN6. The molecule has 0 spiro atoms. The molecule has 1 aliphatic rings. The average molecular weight is 329 g/mol. The maximum Gasteiger partial charge on any atom is 0.226 e. The molecule has 2 N–H and O–H groups in total. The molecule has 0 aliphatic carbocycles. The van der Waals surface area contributed by atoms with Crippen LogP contribution in [0.2, 0.25) is 5.28 Å². The van der Waals surface area contributed by atoms with Gasteiger partial charge in [0.05, 0.1) is 12.4 Å². The lowest BCUT2D eigenvalue weighted by atomic mass is 10.2. The van der Waals surface area contributed by atoms with Gasteiger partial charge in [-0.15, -0.1) is 0 Å². The van der Waals surface area contributed by atoms with E-state index in [1.165, 1.54) is 5.56 Å². The van der Waals surface area contributed by atoms with E-state index >= 15 is 0 Å². The summed E-state index contributed by atoms with van der Waals surface area (Å²) in [6.45, 7) is 2.61. The fourth-order valence-corrected chi connectivity index (χ4v) is 3.10. The lowest BCUT2D eigenvalue weighted by Crippen LogP contribution is -2.13. The number of hydrogen-bond acceptors (Lipinski definition) is 5. The van der Waals surface area contributed by atoms with E-state index in [2.05, 4.69) is 42.3 Å². The van der Waals surface area contributed by atoms with Gasteiger partial charge in [0.15, 0.2) is 17.0 Å². The van der Waals surface area contributed by atoms with E-state index in [4.69, 9.17) is 11.6 Å². The number of imidazole rings is 1. The lowest BCUT2D eigenvalue weighted by Gasteiger charge is -2.11. The predicted molar refractivity (Wildman–Crippen MR) is 90.6 cm³/mol. The molecule has 1 saturated heterocycles. The first-order chi connectivity index (χ1) is 11.3. The SMILES string of the molecule is Clc1nc(NCc2ccccc2)c2ncn(C3CCNC3)c2n1. The molecule has 1 unspecified atom stereocenters. The van der Waals surface area contributed by atoms with Gasteiger partial charge in [-0.25, -0.2) is 4.98 Å². The maximum atomic E-state index is 6.12. The van der Waals surface area contributed by atoms with Crippen molar-refractivity contribution in [3.63, 3.8) is 0 Å². The topological polar surface area (TPSA) is 67.7 Å². The number of rotatable bonds is 4. The largest absolute Gasteiger partial charge is 0.364 e. The summed E-state index contributed by atoms with van der Waals surface area (Å²) in [6.07, 6.45) is 2.90. The van der Waals surface area contributed by atoms with Crippen molar-refractivity contribution in [2.24, 2.45) is 0 Å². The Morgan fingerprint density at radius 1 is 1.26 bits per heavy atom. The third-order valence-corrected chi connectivity index (χ3v) is 4.29. The van der Waals surface area contributed by atoms with Crippen LogP contribution in [0.1, 0.15) is 18.0 Å². The minimum atomic E-state index is 0.237. The van der Waals surface area contributed by atoms with E-state index < -0.39 is 0 Å². The Morgan fingerprint density at radius 2 is 2.13 bits per heavy atom. The number of halogens is 1. The van der Waals surface area contributed by atoms with Crippen LogP contribution in [0.15, 0.2) is 36.7 Å². The molecular weight excluding hydrogens is 312 g/mol. The van der Waals surface area contributed by atoms with E-state index in [1.54, 1.807) is 0 Å². The van der Waals surface area contributed by atoms with Crippen molar-refractivity contribution in [1.29, 1.82) is 0 Å². The zero-order valence-corrected chi connectivity index (χ0v) is 13.3. The minimum absolute atomic E-state index is 0.237. The Balaban J connectivity index is 1.66. The highest BCUT2D eigenvalue weighted by atomic mass is 35.5. The van der Waals surface area contributed by atoms with Gasteiger partial charge < -0.3 is 15.2 Å². The fourth-order valence-electron chi connectivity index (χ4n) is 2.94. The summed E-state index contributed by atoms with van der Waals surface area (Å²) >= 11 is 6.12. The number of nitrogens with zero attached hydrogens (tertiary/aromatic N) is 4. The minimum Gasteiger partial charge on any atom is -0.364 e. The summed E-state index contributed by atoms with van der Waals surface area (Å²) < 4.78 is 2.09. The molecule has 118 valence electrons. The molecule has 0 bridgehead atoms. The van der Waals surface area contributed by atoms with Gasteiger partial charge in [0.2, 0.25) is 5.28 Å². The first-order valence-electron chi connectivity index (χ1n) is 7.70. The van der Waals surface area contributed by atoms with Gasteiger partial charge in [-0.05, 0) is 30.1 Å². The van der Waals surface area contributed by atoms with Crippen molar-refractivity contribution in [3.05, 3.63) is 47.5 Å². The molecule has 4 rings (SSSR count). The van der Waals surface area contributed by atoms with Crippen LogP contribution in [0, 0.1) is 0 Å². The number of nitrogens with one attached hydrogen (secondary N) is 2. The van der Waals surface area contributed by atoms with E-state index in [-0.39, 0.29) is 5.28 Å². The molecule has 0 saturated carbocycles. The summed E-state index contributed by atoms with van der Waals surface area (Å²) in [5.74, 6) is 0.675. The van der Waals surface area contributed by atoms with Crippen molar-refractivity contribution in [2.75, 3.05) is 18.4 Å². The zero-order valence-electron chi connectivity index (χ0n) is 12.5. The van der Waals surface area contributed by atoms with Gasteiger partial charge in [-0.3, -0.25) is 0 Å². The lowest BCUT2D eigenvalue weighted by molar-refractivity contribution is 0.558. The van der Waals surface area contributed by atoms with E-state index in [0.717, 1.165) is 30.7 Å². The second kappa shape index (κ2) is 6.14. The Hall–Kier alpha value is -2.18. The van der Waals surface area contributed by atoms with Gasteiger partial charge in [-0.2, -0.15) is 9.97 Å². The number of benzene rings is 1. The van der Waals surface area contributed by atoms with Crippen molar-refractivity contribution in [3.8, 4) is 0 Å². The molecule has 1 aromatic carbocycles. The van der Waals surface area contributed by atoms with Crippen molar-refractivity contribution >= 4 is 28.6 Å². The molecule has 1 atom stereocenters. The fraction of sp³-hybridized carbons (Fsp3) is 0.312. The van der Waals surface area contributed by atoms with Crippen LogP contribution in [0.4, 0.5) is 5.82 Å². The van der Waals surface area contributed by atoms with E-state index in [0.29, 0.717) is 18.4 Å². The molecule has 2 aromatic heterocycles. The summed E-state index contributed by atoms with van der Waals surface area (Å²) in [5.41, 5.74) is 2.72. The highest BCUT2D eigenvalue weighted by Gasteiger charge is 2.21. The average Bonchev–Trinajstić information content (AvgIpc) is 3.22. The van der Waals surface area contributed by atoms with Crippen LogP contribution >= 0.6 is 11.6 Å². The van der Waals surface area contributed by atoms with Crippen LogP contribution in [-0.4, -0.2) is 32.6 Å². The Kier molecular flexibility index (Phi) is 3.85. The summed E-state index contributed by atoms with van der Waals surface area (Å²) in [4.78, 5) is 13.2. The van der Waals surface area contributed by atoms with Gasteiger partial charge in [0.25, 0.3) is 0 Å². The number of fused-ring (bicyclic) bond motifs is 1. The Morgan fingerprint density at radius 3 is 2.91 bits per heavy atom. The van der Waals surface area contributed by atoms with E-state index in [9.17, 15) is 0 Å². The Bertz CT molecular complexity index is 810. The van der Waals surface area contributed by atoms with E-state index in [1.807, 2.05) is 24.5 Å². The van der Waals surface area contributed by atoms with Crippen LogP contribution < -0.4 is 10.6 Å². The maximum absolute atomic E-state index is 6.12. The molecule has 6 nitrogen and oxygen atoms in total. The molecule has 0 radical (unpaired) electrons. The van der Waals surface area contributed by atoms with Crippen LogP contribution in [-0.2, 0) is 6.54 Å². The second-order valence-corrected chi connectivity index (χ2v) is 5.99. The first kappa shape index (κ1) is 14.4. The third-order valence-electron chi connectivity index (χ3n) is 4.12. The van der Waals surface area contributed by atoms with Gasteiger partial charge in [0.1, 0.15) is 0 Å². The highest BCUT2D eigenvalue weighted by Crippen LogP contribution is 2.26. The smallest absolute Gasteiger partial charge is 0.226 e. The molecule has 3 aromatic rings. The summed E-state index contributed by atoms with van der Waals surface area (Å²) in [7, 11) is 0. The van der Waals surface area contributed by atoms with Gasteiger partial charge in [0, 0.05) is 13.1 Å². The molecule has 1 fully saturated rings. The molecule has 23 heavy (non-hydrogen) atoms. The zero-order chi connectivity index (χ0) is 15.6. The molecule has 7 heteroatoms. The molecule has 1 aliphatic heterocycles. The standard InChI is InChI=1S/C16H17ClN6/c17-16-21-14(19-8-11-4-2-1-3-5-11)13-15(22-16)23(10-20-13)12-6-7-18-9-12/h1-5,10,12,18H,6-9H2,(H,19,21,22). The quantitative estimate of drug-likeness (QED) is 0.721. The summed E-state index contributed by atoms with van der Waals surface area (Å²) in [5, 5.41) is 6.92. The normalized spacial score (nSPS) is 17.7. The second-order valence-electron chi connectivity index (χ2n) is 5.65. The first-order valence-corrected chi connectivity index (χ1v) is 8.07. The van der Waals surface area contributed by atoms with Crippen LogP contribution in [0.5, 0.6) is 0 Å². The number of aromatic nitrogens is 4. The third kappa shape index (κ3) is 2.87. The van der Waals surface area contributed by atoms with Crippen LogP contribution in [0.25, 0.3) is 11.2 Å². The highest BCUT2D eigenvalue weighted by molar-refractivity contribution is 6.28. The van der Waals surface area contributed by atoms with Crippen LogP contribution in [0.3, 0.4) is 0 Å². The summed E-state index contributed by atoms with van der Waals surface area (Å²) in [6, 6.07) is 10.5. The van der Waals surface area contributed by atoms with Crippen molar-refractivity contribution in [2.45, 2.75) is 19.0 Å². The van der Waals surface area contributed by atoms with Gasteiger partial charge in [-0.1, -0.05) is 30.3 Å². The molecule has 0 amide bonds. The van der Waals surface area contributed by atoms with Crippen molar-refractivity contribution in [1.82, 2.24) is 24.8 Å². The number of anilines is 1. The predicted octanol–water partition coefficient (Wildman–Crippen LogP) is 2.63. The Labute approximate surface area is 138 Å². The monoisotopic (exact) mass is 328 g/mol. The van der Waals surface area contributed by atoms with Gasteiger partial charge >= 0.3 is 0 Å². The number of hydrogen-bond donors (Lipinski definition) is 2.